The van der Waals surface area contributed by atoms with Gasteiger partial charge in [-0.3, -0.25) is 0 Å². The van der Waals surface area contributed by atoms with Gasteiger partial charge >= 0.3 is 0 Å². The molecule has 17 heavy (non-hydrogen) atoms. The van der Waals surface area contributed by atoms with Crippen molar-refractivity contribution >= 4 is 21.7 Å². The molecule has 3 rings (SSSR count). The van der Waals surface area contributed by atoms with Crippen LogP contribution in [0.5, 0.6) is 0 Å². The van der Waals surface area contributed by atoms with Gasteiger partial charge in [-0.1, -0.05) is 22.0 Å². The summed E-state index contributed by atoms with van der Waals surface area (Å²) >= 11 is 3.56. The molecule has 1 aliphatic rings. The molecule has 0 amide bonds. The number of fused-ring (bicyclic) bond motifs is 1. The van der Waals surface area contributed by atoms with Crippen molar-refractivity contribution in [2.75, 3.05) is 5.73 Å². The van der Waals surface area contributed by atoms with E-state index >= 15 is 0 Å². The van der Waals surface area contributed by atoms with Crippen LogP contribution in [0.4, 0.5) is 5.82 Å². The minimum atomic E-state index is 0.692. The van der Waals surface area contributed by atoms with E-state index in [0.29, 0.717) is 5.82 Å². The highest BCUT2D eigenvalue weighted by Gasteiger charge is 2.22. The summed E-state index contributed by atoms with van der Waals surface area (Å²) in [5.41, 5.74) is 10.8. The van der Waals surface area contributed by atoms with Crippen LogP contribution >= 0.6 is 15.9 Å². The average molecular weight is 292 g/mol. The van der Waals surface area contributed by atoms with Crippen molar-refractivity contribution in [2.45, 2.75) is 26.2 Å². The normalized spacial score (nSPS) is 14.0. The van der Waals surface area contributed by atoms with Gasteiger partial charge in [-0.05, 0) is 43.9 Å². The van der Waals surface area contributed by atoms with Crippen LogP contribution in [0.1, 0.15) is 23.2 Å². The first kappa shape index (κ1) is 10.8. The van der Waals surface area contributed by atoms with Gasteiger partial charge in [0, 0.05) is 15.7 Å². The second kappa shape index (κ2) is 3.88. The maximum Gasteiger partial charge on any atom is 0.149 e. The highest BCUT2D eigenvalue weighted by molar-refractivity contribution is 9.10. The van der Waals surface area contributed by atoms with Crippen molar-refractivity contribution in [3.8, 4) is 5.69 Å². The summed E-state index contributed by atoms with van der Waals surface area (Å²) in [6, 6.07) is 6.17. The molecule has 2 aromatic rings. The molecule has 3 nitrogen and oxygen atoms in total. The summed E-state index contributed by atoms with van der Waals surface area (Å²) in [7, 11) is 0. The molecule has 1 aromatic heterocycles. The Balaban J connectivity index is 2.23. The van der Waals surface area contributed by atoms with Crippen molar-refractivity contribution in [1.29, 1.82) is 0 Å². The van der Waals surface area contributed by atoms with Crippen LogP contribution in [0.25, 0.3) is 5.69 Å². The fourth-order valence-electron chi connectivity index (χ4n) is 2.49. The van der Waals surface area contributed by atoms with Crippen molar-refractivity contribution in [3.05, 3.63) is 39.5 Å². The molecule has 1 heterocycles. The SMILES string of the molecule is Cc1c(Br)cccc1-n1nc(N)c2c1CCC2. The summed E-state index contributed by atoms with van der Waals surface area (Å²) in [6.07, 6.45) is 3.32. The second-order valence-corrected chi connectivity index (χ2v) is 5.31. The van der Waals surface area contributed by atoms with Crippen molar-refractivity contribution in [1.82, 2.24) is 9.78 Å². The summed E-state index contributed by atoms with van der Waals surface area (Å²) in [5, 5.41) is 4.48. The first-order valence-electron chi connectivity index (χ1n) is 5.80. The summed E-state index contributed by atoms with van der Waals surface area (Å²) < 4.78 is 3.12. The van der Waals surface area contributed by atoms with Crippen LogP contribution in [-0.2, 0) is 12.8 Å². The smallest absolute Gasteiger partial charge is 0.149 e. The fraction of sp³-hybridized carbons (Fsp3) is 0.308. The zero-order valence-corrected chi connectivity index (χ0v) is 11.3. The van der Waals surface area contributed by atoms with Gasteiger partial charge < -0.3 is 5.73 Å². The monoisotopic (exact) mass is 291 g/mol. The largest absolute Gasteiger partial charge is 0.382 e. The number of hydrogen-bond acceptors (Lipinski definition) is 2. The Hall–Kier alpha value is -1.29. The molecule has 0 unspecified atom stereocenters. The van der Waals surface area contributed by atoms with Gasteiger partial charge in [0.05, 0.1) is 5.69 Å². The van der Waals surface area contributed by atoms with Crippen LogP contribution in [0.15, 0.2) is 22.7 Å². The van der Waals surface area contributed by atoms with E-state index in [-0.39, 0.29) is 0 Å². The van der Waals surface area contributed by atoms with Gasteiger partial charge in [0.1, 0.15) is 5.82 Å². The van der Waals surface area contributed by atoms with E-state index in [0.717, 1.165) is 23.0 Å². The predicted octanol–water partition coefficient (Wildman–Crippen LogP) is 3.01. The van der Waals surface area contributed by atoms with E-state index in [1.165, 1.54) is 23.2 Å². The molecular formula is C13H14BrN3. The van der Waals surface area contributed by atoms with Crippen LogP contribution in [-0.4, -0.2) is 9.78 Å². The minimum Gasteiger partial charge on any atom is -0.382 e. The standard InChI is InChI=1S/C13H14BrN3/c1-8-10(14)5-3-6-11(8)17-12-7-2-4-9(12)13(15)16-17/h3,5-6H,2,4,7H2,1H3,(H2,15,16). The molecule has 0 spiro atoms. The zero-order chi connectivity index (χ0) is 12.0. The fourth-order valence-corrected chi connectivity index (χ4v) is 2.85. The molecule has 2 N–H and O–H groups in total. The lowest BCUT2D eigenvalue weighted by molar-refractivity contribution is 0.784. The number of nitrogens with zero attached hydrogens (tertiary/aromatic N) is 2. The molecule has 0 aliphatic heterocycles. The molecule has 1 aliphatic carbocycles. The van der Waals surface area contributed by atoms with Gasteiger partial charge in [0.25, 0.3) is 0 Å². The maximum absolute atomic E-state index is 5.97. The molecule has 0 saturated heterocycles. The van der Waals surface area contributed by atoms with Crippen molar-refractivity contribution in [2.24, 2.45) is 0 Å². The number of aromatic nitrogens is 2. The third-order valence-electron chi connectivity index (χ3n) is 3.43. The molecule has 0 saturated carbocycles. The highest BCUT2D eigenvalue weighted by atomic mass is 79.9. The summed E-state index contributed by atoms with van der Waals surface area (Å²) in [5.74, 6) is 0.692. The molecule has 4 heteroatoms. The van der Waals surface area contributed by atoms with Gasteiger partial charge in [0.2, 0.25) is 0 Å². The minimum absolute atomic E-state index is 0.692. The van der Waals surface area contributed by atoms with E-state index in [2.05, 4.69) is 34.0 Å². The summed E-state index contributed by atoms with van der Waals surface area (Å²) in [4.78, 5) is 0. The van der Waals surface area contributed by atoms with Gasteiger partial charge in [-0.15, -0.1) is 0 Å². The maximum atomic E-state index is 5.97. The van der Waals surface area contributed by atoms with Crippen LogP contribution in [0, 0.1) is 6.92 Å². The molecule has 1 aromatic carbocycles. The first-order valence-corrected chi connectivity index (χ1v) is 6.59. The average Bonchev–Trinajstić information content (AvgIpc) is 2.87. The number of anilines is 1. The van der Waals surface area contributed by atoms with Crippen LogP contribution in [0.3, 0.4) is 0 Å². The number of halogens is 1. The number of hydrogen-bond donors (Lipinski definition) is 1. The van der Waals surface area contributed by atoms with Crippen molar-refractivity contribution < 1.29 is 0 Å². The molecule has 88 valence electrons. The molecule has 0 fully saturated rings. The van der Waals surface area contributed by atoms with E-state index in [9.17, 15) is 0 Å². The van der Waals surface area contributed by atoms with E-state index in [4.69, 9.17) is 5.73 Å². The lowest BCUT2D eigenvalue weighted by Crippen LogP contribution is -2.04. The molecule has 0 bridgehead atoms. The first-order chi connectivity index (χ1) is 8.18. The van der Waals surface area contributed by atoms with E-state index in [1.807, 2.05) is 16.8 Å². The van der Waals surface area contributed by atoms with Crippen LogP contribution < -0.4 is 5.73 Å². The molecule has 0 atom stereocenters. The molecular weight excluding hydrogens is 278 g/mol. The third kappa shape index (κ3) is 1.59. The quantitative estimate of drug-likeness (QED) is 0.878. The number of rotatable bonds is 1. The van der Waals surface area contributed by atoms with Gasteiger partial charge in [-0.2, -0.15) is 5.10 Å². The highest BCUT2D eigenvalue weighted by Crippen LogP contribution is 2.31. The Labute approximate surface area is 109 Å². The van der Waals surface area contributed by atoms with E-state index < -0.39 is 0 Å². The van der Waals surface area contributed by atoms with Crippen molar-refractivity contribution in [3.63, 3.8) is 0 Å². The third-order valence-corrected chi connectivity index (χ3v) is 4.29. The summed E-state index contributed by atoms with van der Waals surface area (Å²) in [6.45, 7) is 2.10. The number of benzene rings is 1. The molecule has 0 radical (unpaired) electrons. The predicted molar refractivity (Wildman–Crippen MR) is 72.4 cm³/mol. The Morgan fingerprint density at radius 3 is 3.00 bits per heavy atom. The Bertz CT molecular complexity index is 587. The van der Waals surface area contributed by atoms with Gasteiger partial charge in [-0.25, -0.2) is 4.68 Å². The Morgan fingerprint density at radius 2 is 2.18 bits per heavy atom. The lowest BCUT2D eigenvalue weighted by atomic mass is 10.2. The van der Waals surface area contributed by atoms with E-state index in [1.54, 1.807) is 0 Å². The Kier molecular flexibility index (Phi) is 2.47. The second-order valence-electron chi connectivity index (χ2n) is 4.46. The number of nitrogens with two attached hydrogens (primary N) is 1. The Morgan fingerprint density at radius 1 is 1.35 bits per heavy atom. The number of nitrogen functional groups attached to an aromatic ring is 1. The zero-order valence-electron chi connectivity index (χ0n) is 9.70. The lowest BCUT2D eigenvalue weighted by Gasteiger charge is -2.10. The topological polar surface area (TPSA) is 43.8 Å². The van der Waals surface area contributed by atoms with Crippen LogP contribution in [0.2, 0.25) is 0 Å². The van der Waals surface area contributed by atoms with Gasteiger partial charge in [0.15, 0.2) is 0 Å².